The van der Waals surface area contributed by atoms with E-state index >= 15 is 0 Å². The van der Waals surface area contributed by atoms with Gasteiger partial charge in [0, 0.05) is 12.4 Å². The third kappa shape index (κ3) is 2.63. The first kappa shape index (κ1) is 12.0. The number of amides is 1. The Balaban J connectivity index is 2.11. The molecule has 1 atom stereocenters. The van der Waals surface area contributed by atoms with E-state index in [4.69, 9.17) is 5.73 Å². The average molecular weight is 242 g/mol. The molecule has 0 spiro atoms. The number of aromatic nitrogens is 2. The minimum absolute atomic E-state index is 0.111. The number of nitrogens with two attached hydrogens (primary N) is 1. The molecule has 5 nitrogen and oxygen atoms in total. The predicted octanol–water partition coefficient (Wildman–Crippen LogP) is 1.55. The highest BCUT2D eigenvalue weighted by Gasteiger charge is 2.15. The lowest BCUT2D eigenvalue weighted by Gasteiger charge is -2.14. The van der Waals surface area contributed by atoms with E-state index in [-0.39, 0.29) is 23.5 Å². The Morgan fingerprint density at radius 1 is 1.22 bits per heavy atom. The van der Waals surface area contributed by atoms with Gasteiger partial charge in [0.25, 0.3) is 5.91 Å². The zero-order valence-electron chi connectivity index (χ0n) is 10.00. The number of nitrogen functional groups attached to an aromatic ring is 1. The van der Waals surface area contributed by atoms with Crippen molar-refractivity contribution in [3.63, 3.8) is 0 Å². The molecule has 5 heteroatoms. The Bertz CT molecular complexity index is 542. The molecule has 1 aromatic carbocycles. The number of carbonyl (C=O) groups is 1. The van der Waals surface area contributed by atoms with Gasteiger partial charge in [0.15, 0.2) is 11.5 Å². The van der Waals surface area contributed by atoms with E-state index in [1.54, 1.807) is 0 Å². The van der Waals surface area contributed by atoms with Gasteiger partial charge in [0.05, 0.1) is 6.04 Å². The van der Waals surface area contributed by atoms with Crippen molar-refractivity contribution in [3.8, 4) is 0 Å². The van der Waals surface area contributed by atoms with E-state index < -0.39 is 0 Å². The molecule has 0 aliphatic rings. The van der Waals surface area contributed by atoms with Crippen LogP contribution in [0.15, 0.2) is 42.7 Å². The molecule has 0 bridgehead atoms. The molecule has 0 radical (unpaired) electrons. The summed E-state index contributed by atoms with van der Waals surface area (Å²) in [6.07, 6.45) is 2.89. The summed E-state index contributed by atoms with van der Waals surface area (Å²) in [4.78, 5) is 19.7. The molecular formula is C13H14N4O. The highest BCUT2D eigenvalue weighted by atomic mass is 16.2. The number of benzene rings is 1. The van der Waals surface area contributed by atoms with Gasteiger partial charge in [-0.05, 0) is 12.5 Å². The summed E-state index contributed by atoms with van der Waals surface area (Å²) < 4.78 is 0. The fraction of sp³-hybridized carbons (Fsp3) is 0.154. The minimum Gasteiger partial charge on any atom is -0.382 e. The van der Waals surface area contributed by atoms with E-state index in [9.17, 15) is 4.79 Å². The number of nitrogens with one attached hydrogen (secondary N) is 1. The van der Waals surface area contributed by atoms with E-state index in [0.29, 0.717) is 0 Å². The first-order chi connectivity index (χ1) is 8.68. The maximum Gasteiger partial charge on any atom is 0.274 e. The Kier molecular flexibility index (Phi) is 3.52. The monoisotopic (exact) mass is 242 g/mol. The SMILES string of the molecule is CC(NC(=O)c1nccnc1N)c1ccccc1. The van der Waals surface area contributed by atoms with Crippen LogP contribution in [-0.4, -0.2) is 15.9 Å². The standard InChI is InChI=1S/C13H14N4O/c1-9(10-5-3-2-4-6-10)17-13(18)11-12(14)16-8-7-15-11/h2-9H,1H3,(H2,14,16)(H,17,18). The highest BCUT2D eigenvalue weighted by molar-refractivity contribution is 5.96. The molecule has 2 aromatic rings. The number of rotatable bonds is 3. The molecule has 0 saturated heterocycles. The summed E-state index contributed by atoms with van der Waals surface area (Å²) in [6, 6.07) is 9.57. The highest BCUT2D eigenvalue weighted by Crippen LogP contribution is 2.12. The lowest BCUT2D eigenvalue weighted by atomic mass is 10.1. The second kappa shape index (κ2) is 5.27. The van der Waals surface area contributed by atoms with Gasteiger partial charge < -0.3 is 11.1 Å². The Morgan fingerprint density at radius 2 is 1.89 bits per heavy atom. The van der Waals surface area contributed by atoms with Gasteiger partial charge in [-0.3, -0.25) is 4.79 Å². The Morgan fingerprint density at radius 3 is 2.56 bits per heavy atom. The third-order valence-electron chi connectivity index (χ3n) is 2.59. The third-order valence-corrected chi connectivity index (χ3v) is 2.59. The zero-order chi connectivity index (χ0) is 13.0. The molecule has 18 heavy (non-hydrogen) atoms. The van der Waals surface area contributed by atoms with Crippen molar-refractivity contribution < 1.29 is 4.79 Å². The van der Waals surface area contributed by atoms with Crippen molar-refractivity contribution in [1.29, 1.82) is 0 Å². The Hall–Kier alpha value is -2.43. The van der Waals surface area contributed by atoms with Gasteiger partial charge in [-0.2, -0.15) is 0 Å². The number of carbonyl (C=O) groups excluding carboxylic acids is 1. The average Bonchev–Trinajstić information content (AvgIpc) is 2.40. The van der Waals surface area contributed by atoms with Gasteiger partial charge in [0.1, 0.15) is 0 Å². The summed E-state index contributed by atoms with van der Waals surface area (Å²) in [5.41, 5.74) is 6.78. The van der Waals surface area contributed by atoms with Gasteiger partial charge in [-0.1, -0.05) is 30.3 Å². The quantitative estimate of drug-likeness (QED) is 0.855. The van der Waals surface area contributed by atoms with Crippen LogP contribution in [0, 0.1) is 0 Å². The summed E-state index contributed by atoms with van der Waals surface area (Å²) >= 11 is 0. The number of hydrogen-bond acceptors (Lipinski definition) is 4. The number of anilines is 1. The largest absolute Gasteiger partial charge is 0.382 e. The second-order valence-electron chi connectivity index (χ2n) is 3.90. The summed E-state index contributed by atoms with van der Waals surface area (Å²) in [5.74, 6) is -0.188. The number of nitrogens with zero attached hydrogens (tertiary/aromatic N) is 2. The van der Waals surface area contributed by atoms with E-state index in [1.165, 1.54) is 12.4 Å². The molecule has 3 N–H and O–H groups in total. The molecular weight excluding hydrogens is 228 g/mol. The van der Waals surface area contributed by atoms with Crippen LogP contribution in [0.3, 0.4) is 0 Å². The predicted molar refractivity (Wildman–Crippen MR) is 68.8 cm³/mol. The lowest BCUT2D eigenvalue weighted by Crippen LogP contribution is -2.28. The van der Waals surface area contributed by atoms with Crippen molar-refractivity contribution in [2.24, 2.45) is 0 Å². The Labute approximate surface area is 105 Å². The topological polar surface area (TPSA) is 80.9 Å². The second-order valence-corrected chi connectivity index (χ2v) is 3.90. The van der Waals surface area contributed by atoms with Crippen molar-refractivity contribution in [2.75, 3.05) is 5.73 Å². The van der Waals surface area contributed by atoms with E-state index in [1.807, 2.05) is 37.3 Å². The molecule has 1 amide bonds. The maximum absolute atomic E-state index is 12.0. The molecule has 0 aliphatic carbocycles. The molecule has 1 aromatic heterocycles. The number of hydrogen-bond donors (Lipinski definition) is 2. The fourth-order valence-electron chi connectivity index (χ4n) is 1.61. The molecule has 0 fully saturated rings. The van der Waals surface area contributed by atoms with Gasteiger partial charge in [0.2, 0.25) is 0 Å². The van der Waals surface area contributed by atoms with Crippen molar-refractivity contribution in [3.05, 3.63) is 54.0 Å². The first-order valence-corrected chi connectivity index (χ1v) is 5.61. The summed E-state index contributed by atoms with van der Waals surface area (Å²) in [7, 11) is 0. The van der Waals surface area contributed by atoms with Gasteiger partial charge in [-0.15, -0.1) is 0 Å². The van der Waals surface area contributed by atoms with Crippen LogP contribution in [0.25, 0.3) is 0 Å². The lowest BCUT2D eigenvalue weighted by molar-refractivity contribution is 0.0935. The molecule has 0 saturated carbocycles. The molecule has 92 valence electrons. The van der Waals surface area contributed by atoms with Crippen LogP contribution in [0.5, 0.6) is 0 Å². The maximum atomic E-state index is 12.0. The van der Waals surface area contributed by atoms with Crippen molar-refractivity contribution in [1.82, 2.24) is 15.3 Å². The van der Waals surface area contributed by atoms with Crippen LogP contribution < -0.4 is 11.1 Å². The van der Waals surface area contributed by atoms with Crippen molar-refractivity contribution in [2.45, 2.75) is 13.0 Å². The van der Waals surface area contributed by atoms with Gasteiger partial charge in [-0.25, -0.2) is 9.97 Å². The van der Waals surface area contributed by atoms with Crippen molar-refractivity contribution >= 4 is 11.7 Å². The van der Waals surface area contributed by atoms with Crippen LogP contribution in [0.2, 0.25) is 0 Å². The normalized spacial score (nSPS) is 11.8. The summed E-state index contributed by atoms with van der Waals surface area (Å²) in [5, 5.41) is 2.83. The first-order valence-electron chi connectivity index (χ1n) is 5.61. The van der Waals surface area contributed by atoms with Crippen LogP contribution in [0.4, 0.5) is 5.82 Å². The smallest absolute Gasteiger partial charge is 0.274 e. The van der Waals surface area contributed by atoms with Crippen LogP contribution in [-0.2, 0) is 0 Å². The van der Waals surface area contributed by atoms with E-state index in [0.717, 1.165) is 5.56 Å². The molecule has 0 aliphatic heterocycles. The minimum atomic E-state index is -0.322. The zero-order valence-corrected chi connectivity index (χ0v) is 10.00. The molecule has 1 heterocycles. The van der Waals surface area contributed by atoms with Crippen LogP contribution in [0.1, 0.15) is 29.0 Å². The van der Waals surface area contributed by atoms with E-state index in [2.05, 4.69) is 15.3 Å². The fourth-order valence-corrected chi connectivity index (χ4v) is 1.61. The molecule has 1 unspecified atom stereocenters. The van der Waals surface area contributed by atoms with Crippen LogP contribution >= 0.6 is 0 Å². The molecule has 2 rings (SSSR count). The van der Waals surface area contributed by atoms with Gasteiger partial charge >= 0.3 is 0 Å². The summed E-state index contributed by atoms with van der Waals surface area (Å²) in [6.45, 7) is 1.90.